The Morgan fingerprint density at radius 1 is 0.853 bits per heavy atom. The van der Waals surface area contributed by atoms with Gasteiger partial charge in [0.1, 0.15) is 11.8 Å². The average Bonchev–Trinajstić information content (AvgIpc) is 2.86. The Labute approximate surface area is 202 Å². The Bertz CT molecular complexity index is 1060. The first kappa shape index (κ1) is 25.0. The fourth-order valence-corrected chi connectivity index (χ4v) is 3.80. The highest BCUT2D eigenvalue weighted by Gasteiger charge is 2.31. The maximum Gasteiger partial charge on any atom is 0.243 e. The van der Waals surface area contributed by atoms with Crippen LogP contribution < -0.4 is 10.1 Å². The van der Waals surface area contributed by atoms with Crippen molar-refractivity contribution in [2.24, 2.45) is 5.92 Å². The number of methoxy groups -OCH3 is 1. The van der Waals surface area contributed by atoms with Crippen LogP contribution in [0.1, 0.15) is 36.1 Å². The summed E-state index contributed by atoms with van der Waals surface area (Å²) in [6, 6.07) is 24.9. The average molecular weight is 459 g/mol. The fraction of sp³-hybridized carbons (Fsp3) is 0.310. The summed E-state index contributed by atoms with van der Waals surface area (Å²) in [4.78, 5) is 28.6. The molecule has 178 valence electrons. The van der Waals surface area contributed by atoms with Crippen molar-refractivity contribution in [2.75, 3.05) is 7.11 Å². The molecular formula is C29H34N2O3. The predicted molar refractivity (Wildman–Crippen MR) is 135 cm³/mol. The number of nitrogens with zero attached hydrogens (tertiary/aromatic N) is 1. The molecule has 1 N–H and O–H groups in total. The molecule has 5 heteroatoms. The van der Waals surface area contributed by atoms with E-state index in [-0.39, 0.29) is 17.7 Å². The molecule has 0 heterocycles. The van der Waals surface area contributed by atoms with Gasteiger partial charge in [-0.05, 0) is 35.7 Å². The second-order valence-corrected chi connectivity index (χ2v) is 8.88. The zero-order valence-corrected chi connectivity index (χ0v) is 20.5. The first-order valence-electron chi connectivity index (χ1n) is 11.7. The maximum absolute atomic E-state index is 13.5. The molecule has 0 aliphatic carbocycles. The van der Waals surface area contributed by atoms with E-state index in [2.05, 4.69) is 5.32 Å². The minimum absolute atomic E-state index is 0.0535. The number of amides is 2. The van der Waals surface area contributed by atoms with Gasteiger partial charge in [-0.1, -0.05) is 86.1 Å². The van der Waals surface area contributed by atoms with E-state index >= 15 is 0 Å². The van der Waals surface area contributed by atoms with E-state index in [1.807, 2.05) is 99.6 Å². The monoisotopic (exact) mass is 458 g/mol. The van der Waals surface area contributed by atoms with Crippen LogP contribution in [-0.4, -0.2) is 29.9 Å². The Balaban J connectivity index is 1.88. The van der Waals surface area contributed by atoms with Gasteiger partial charge in [-0.25, -0.2) is 0 Å². The number of carbonyl (C=O) groups excluding carboxylic acids is 2. The van der Waals surface area contributed by atoms with Crippen LogP contribution >= 0.6 is 0 Å². The van der Waals surface area contributed by atoms with Gasteiger partial charge in [0, 0.05) is 25.4 Å². The summed E-state index contributed by atoms with van der Waals surface area (Å²) in [7, 11) is 1.62. The van der Waals surface area contributed by atoms with Crippen LogP contribution in [0.4, 0.5) is 0 Å². The van der Waals surface area contributed by atoms with Gasteiger partial charge < -0.3 is 15.0 Å². The number of carbonyl (C=O) groups is 2. The first-order valence-corrected chi connectivity index (χ1v) is 11.7. The van der Waals surface area contributed by atoms with Gasteiger partial charge in [-0.2, -0.15) is 0 Å². The van der Waals surface area contributed by atoms with Crippen molar-refractivity contribution in [2.45, 2.75) is 46.3 Å². The standard InChI is InChI=1S/C29H34N2O3/c1-21(2)29(33)31(20-25-14-16-26(34-4)17-15-25)27(18-23-8-6-5-7-9-23)28(32)30-19-24-12-10-22(3)11-13-24/h5-17,21,27H,18-20H2,1-4H3,(H,30,32)/t27-/m0/s1. The minimum Gasteiger partial charge on any atom is -0.497 e. The molecule has 0 saturated heterocycles. The van der Waals surface area contributed by atoms with Crippen LogP contribution in [0.3, 0.4) is 0 Å². The highest BCUT2D eigenvalue weighted by atomic mass is 16.5. The molecule has 0 radical (unpaired) electrons. The Kier molecular flexibility index (Phi) is 8.86. The lowest BCUT2D eigenvalue weighted by atomic mass is 10.0. The van der Waals surface area contributed by atoms with Crippen LogP contribution in [-0.2, 0) is 29.1 Å². The number of ether oxygens (including phenoxy) is 1. The lowest BCUT2D eigenvalue weighted by molar-refractivity contribution is -0.143. The second-order valence-electron chi connectivity index (χ2n) is 8.88. The Morgan fingerprint density at radius 2 is 1.47 bits per heavy atom. The molecule has 0 aliphatic heterocycles. The van der Waals surface area contributed by atoms with Gasteiger partial charge in [-0.3, -0.25) is 9.59 Å². The molecule has 0 spiro atoms. The molecule has 2 amide bonds. The molecule has 3 aromatic carbocycles. The molecule has 0 aliphatic rings. The third-order valence-electron chi connectivity index (χ3n) is 5.83. The van der Waals surface area contributed by atoms with E-state index in [4.69, 9.17) is 4.74 Å². The predicted octanol–water partition coefficient (Wildman–Crippen LogP) is 4.92. The number of nitrogens with one attached hydrogen (secondary N) is 1. The zero-order chi connectivity index (χ0) is 24.5. The summed E-state index contributed by atoms with van der Waals surface area (Å²) in [5.41, 5.74) is 4.15. The summed E-state index contributed by atoms with van der Waals surface area (Å²) in [5.74, 6) is 0.303. The van der Waals surface area contributed by atoms with E-state index < -0.39 is 6.04 Å². The first-order chi connectivity index (χ1) is 16.4. The third-order valence-corrected chi connectivity index (χ3v) is 5.83. The summed E-state index contributed by atoms with van der Waals surface area (Å²) in [5, 5.41) is 3.06. The van der Waals surface area contributed by atoms with Gasteiger partial charge in [0.2, 0.25) is 11.8 Å². The molecule has 0 saturated carbocycles. The summed E-state index contributed by atoms with van der Waals surface area (Å²) in [6.07, 6.45) is 0.440. The van der Waals surface area contributed by atoms with Crippen LogP contribution in [0.2, 0.25) is 0 Å². The number of rotatable bonds is 10. The lowest BCUT2D eigenvalue weighted by Gasteiger charge is -2.33. The minimum atomic E-state index is -0.634. The van der Waals surface area contributed by atoms with E-state index in [0.717, 1.165) is 22.4 Å². The fourth-order valence-electron chi connectivity index (χ4n) is 3.80. The molecule has 0 bridgehead atoms. The third kappa shape index (κ3) is 6.95. The van der Waals surface area contributed by atoms with Gasteiger partial charge in [0.05, 0.1) is 7.11 Å². The van der Waals surface area contributed by atoms with E-state index in [1.165, 1.54) is 5.56 Å². The van der Waals surface area contributed by atoms with Crippen LogP contribution in [0, 0.1) is 12.8 Å². The van der Waals surface area contributed by atoms with Crippen LogP contribution in [0.25, 0.3) is 0 Å². The topological polar surface area (TPSA) is 58.6 Å². The number of hydrogen-bond donors (Lipinski definition) is 1. The van der Waals surface area contributed by atoms with Gasteiger partial charge >= 0.3 is 0 Å². The highest BCUT2D eigenvalue weighted by Crippen LogP contribution is 2.19. The lowest BCUT2D eigenvalue weighted by Crippen LogP contribution is -2.51. The molecule has 3 rings (SSSR count). The molecule has 0 aromatic heterocycles. The van der Waals surface area contributed by atoms with E-state index in [0.29, 0.717) is 19.5 Å². The molecular weight excluding hydrogens is 424 g/mol. The van der Waals surface area contributed by atoms with Crippen molar-refractivity contribution in [3.05, 3.63) is 101 Å². The quantitative estimate of drug-likeness (QED) is 0.469. The van der Waals surface area contributed by atoms with Crippen LogP contribution in [0.15, 0.2) is 78.9 Å². The summed E-state index contributed by atoms with van der Waals surface area (Å²) >= 11 is 0. The summed E-state index contributed by atoms with van der Waals surface area (Å²) < 4.78 is 5.26. The van der Waals surface area contributed by atoms with Crippen molar-refractivity contribution in [3.8, 4) is 5.75 Å². The molecule has 0 unspecified atom stereocenters. The number of benzene rings is 3. The molecule has 1 atom stereocenters. The maximum atomic E-state index is 13.5. The van der Waals surface area contributed by atoms with Crippen LogP contribution in [0.5, 0.6) is 5.75 Å². The molecule has 34 heavy (non-hydrogen) atoms. The Morgan fingerprint density at radius 3 is 2.06 bits per heavy atom. The normalized spacial score (nSPS) is 11.7. The van der Waals surface area contributed by atoms with Crippen molar-refractivity contribution in [1.29, 1.82) is 0 Å². The summed E-state index contributed by atoms with van der Waals surface area (Å²) in [6.45, 7) is 6.53. The second kappa shape index (κ2) is 12.0. The molecule has 0 fully saturated rings. The zero-order valence-electron chi connectivity index (χ0n) is 20.5. The van der Waals surface area contributed by atoms with E-state index in [1.54, 1.807) is 12.0 Å². The van der Waals surface area contributed by atoms with Gasteiger partial charge in [0.15, 0.2) is 0 Å². The van der Waals surface area contributed by atoms with Crippen molar-refractivity contribution in [3.63, 3.8) is 0 Å². The van der Waals surface area contributed by atoms with Crippen molar-refractivity contribution >= 4 is 11.8 Å². The SMILES string of the molecule is COc1ccc(CN(C(=O)C(C)C)[C@@H](Cc2ccccc2)C(=O)NCc2ccc(C)cc2)cc1. The van der Waals surface area contributed by atoms with E-state index in [9.17, 15) is 9.59 Å². The number of hydrogen-bond acceptors (Lipinski definition) is 3. The smallest absolute Gasteiger partial charge is 0.243 e. The highest BCUT2D eigenvalue weighted by molar-refractivity contribution is 5.88. The molecule has 5 nitrogen and oxygen atoms in total. The van der Waals surface area contributed by atoms with Crippen molar-refractivity contribution in [1.82, 2.24) is 10.2 Å². The molecule has 3 aromatic rings. The largest absolute Gasteiger partial charge is 0.497 e. The van der Waals surface area contributed by atoms with Gasteiger partial charge in [0.25, 0.3) is 0 Å². The Hall–Kier alpha value is -3.60. The number of aryl methyl sites for hydroxylation is 1. The van der Waals surface area contributed by atoms with Gasteiger partial charge in [-0.15, -0.1) is 0 Å². The van der Waals surface area contributed by atoms with Crippen molar-refractivity contribution < 1.29 is 14.3 Å².